The molecule has 0 aliphatic carbocycles. The lowest BCUT2D eigenvalue weighted by molar-refractivity contribution is -0.152. The van der Waals surface area contributed by atoms with Crippen molar-refractivity contribution in [2.24, 2.45) is 0 Å². The van der Waals surface area contributed by atoms with Gasteiger partial charge in [-0.1, -0.05) is 0 Å². The highest BCUT2D eigenvalue weighted by Gasteiger charge is 2.32. The molecule has 1 rings (SSSR count). The molecule has 0 aromatic heterocycles. The first-order valence-corrected chi connectivity index (χ1v) is 4.22. The molecule has 5 nitrogen and oxygen atoms in total. The third-order valence-corrected chi connectivity index (χ3v) is 1.82. The maximum Gasteiger partial charge on any atom is 0.331 e. The van der Waals surface area contributed by atoms with E-state index in [9.17, 15) is 9.59 Å². The molecule has 1 N–H and O–H groups in total. The third kappa shape index (κ3) is 3.12. The molecule has 0 bridgehead atoms. The maximum atomic E-state index is 10.9. The van der Waals surface area contributed by atoms with Gasteiger partial charge >= 0.3 is 11.9 Å². The minimum Gasteiger partial charge on any atom is -0.392 e. The Kier molecular flexibility index (Phi) is 3.39. The number of hydrogen-bond acceptors (Lipinski definition) is 5. The zero-order chi connectivity index (χ0) is 9.84. The molecule has 0 radical (unpaired) electrons. The van der Waals surface area contributed by atoms with E-state index >= 15 is 0 Å². The third-order valence-electron chi connectivity index (χ3n) is 1.82. The van der Waals surface area contributed by atoms with Gasteiger partial charge in [-0.3, -0.25) is 4.79 Å². The van der Waals surface area contributed by atoms with Crippen LogP contribution in [0.3, 0.4) is 0 Å². The molecule has 1 fully saturated rings. The molecular formula is C8H14N2O3. The first-order valence-electron chi connectivity index (χ1n) is 4.22. The quantitative estimate of drug-likeness (QED) is 0.450. The van der Waals surface area contributed by atoms with Gasteiger partial charge in [-0.05, 0) is 14.1 Å². The predicted octanol–water partition coefficient (Wildman–Crippen LogP) is -1.02. The Bertz CT molecular complexity index is 215. The van der Waals surface area contributed by atoms with Crippen molar-refractivity contribution in [3.8, 4) is 0 Å². The van der Waals surface area contributed by atoms with Crippen LogP contribution in [0.1, 0.15) is 6.42 Å². The van der Waals surface area contributed by atoms with E-state index in [-0.39, 0.29) is 6.42 Å². The summed E-state index contributed by atoms with van der Waals surface area (Å²) in [4.78, 5) is 23.6. The SMILES string of the molecule is CN(C)CCN[C@@H]1CC(=O)OC1=O. The number of nitrogens with one attached hydrogen (secondary N) is 1. The first kappa shape index (κ1) is 10.1. The average Bonchev–Trinajstić information content (AvgIpc) is 2.29. The molecule has 0 aromatic rings. The summed E-state index contributed by atoms with van der Waals surface area (Å²) >= 11 is 0. The Balaban J connectivity index is 2.22. The van der Waals surface area contributed by atoms with E-state index in [4.69, 9.17) is 0 Å². The number of esters is 2. The predicted molar refractivity (Wildman–Crippen MR) is 46.1 cm³/mol. The van der Waals surface area contributed by atoms with Crippen LogP contribution in [0.4, 0.5) is 0 Å². The molecule has 1 heterocycles. The standard InChI is InChI=1S/C8H14N2O3/c1-10(2)4-3-9-6-5-7(11)13-8(6)12/h6,9H,3-5H2,1-2H3/t6-/m1/s1. The number of hydrogen-bond donors (Lipinski definition) is 1. The van der Waals surface area contributed by atoms with Crippen molar-refractivity contribution in [1.82, 2.24) is 10.2 Å². The monoisotopic (exact) mass is 186 g/mol. The minimum absolute atomic E-state index is 0.159. The summed E-state index contributed by atoms with van der Waals surface area (Å²) in [5, 5.41) is 2.96. The zero-order valence-corrected chi connectivity index (χ0v) is 7.87. The molecule has 0 spiro atoms. The molecule has 5 heteroatoms. The van der Waals surface area contributed by atoms with E-state index in [1.165, 1.54) is 0 Å². The normalized spacial score (nSPS) is 22.5. The van der Waals surface area contributed by atoms with Crippen LogP contribution in [-0.2, 0) is 14.3 Å². The second kappa shape index (κ2) is 4.34. The van der Waals surface area contributed by atoms with Crippen LogP contribution in [-0.4, -0.2) is 50.1 Å². The lowest BCUT2D eigenvalue weighted by atomic mass is 10.2. The smallest absolute Gasteiger partial charge is 0.331 e. The molecule has 1 atom stereocenters. The molecule has 0 saturated carbocycles. The van der Waals surface area contributed by atoms with Gasteiger partial charge in [-0.2, -0.15) is 0 Å². The van der Waals surface area contributed by atoms with Crippen LogP contribution in [0.2, 0.25) is 0 Å². The van der Waals surface area contributed by atoms with Gasteiger partial charge in [-0.25, -0.2) is 4.79 Å². The highest BCUT2D eigenvalue weighted by molar-refractivity contribution is 5.96. The summed E-state index contributed by atoms with van der Waals surface area (Å²) in [5.41, 5.74) is 0. The van der Waals surface area contributed by atoms with Crippen molar-refractivity contribution in [2.75, 3.05) is 27.2 Å². The topological polar surface area (TPSA) is 58.6 Å². The van der Waals surface area contributed by atoms with Gasteiger partial charge in [0.2, 0.25) is 0 Å². The maximum absolute atomic E-state index is 10.9. The van der Waals surface area contributed by atoms with Gasteiger partial charge in [-0.15, -0.1) is 0 Å². The highest BCUT2D eigenvalue weighted by atomic mass is 16.6. The summed E-state index contributed by atoms with van der Waals surface area (Å²) in [7, 11) is 3.89. The van der Waals surface area contributed by atoms with Crippen LogP contribution in [0, 0.1) is 0 Å². The van der Waals surface area contributed by atoms with Gasteiger partial charge in [0.15, 0.2) is 0 Å². The Labute approximate surface area is 77.0 Å². The second-order valence-electron chi connectivity index (χ2n) is 3.31. The first-order chi connectivity index (χ1) is 6.09. The summed E-state index contributed by atoms with van der Waals surface area (Å²) in [5.74, 6) is -0.892. The summed E-state index contributed by atoms with van der Waals surface area (Å²) < 4.78 is 4.38. The molecule has 0 amide bonds. The van der Waals surface area contributed by atoms with Gasteiger partial charge in [0.1, 0.15) is 6.04 Å². The number of nitrogens with zero attached hydrogens (tertiary/aromatic N) is 1. The van der Waals surface area contributed by atoms with Crippen LogP contribution in [0.15, 0.2) is 0 Å². The van der Waals surface area contributed by atoms with Crippen molar-refractivity contribution in [2.45, 2.75) is 12.5 Å². The van der Waals surface area contributed by atoms with Crippen molar-refractivity contribution in [3.05, 3.63) is 0 Å². The van der Waals surface area contributed by atoms with Gasteiger partial charge in [0.05, 0.1) is 6.42 Å². The highest BCUT2D eigenvalue weighted by Crippen LogP contribution is 2.06. The molecular weight excluding hydrogens is 172 g/mol. The molecule has 0 aromatic carbocycles. The summed E-state index contributed by atoms with van der Waals surface area (Å²) in [6, 6.07) is -0.438. The fourth-order valence-corrected chi connectivity index (χ4v) is 1.09. The molecule has 1 aliphatic heterocycles. The van der Waals surface area contributed by atoms with E-state index in [1.54, 1.807) is 0 Å². The molecule has 0 unspecified atom stereocenters. The van der Waals surface area contributed by atoms with Crippen LogP contribution < -0.4 is 5.32 Å². The minimum atomic E-state index is -0.455. The largest absolute Gasteiger partial charge is 0.392 e. The lowest BCUT2D eigenvalue weighted by Gasteiger charge is -2.11. The number of rotatable bonds is 4. The fraction of sp³-hybridized carbons (Fsp3) is 0.750. The van der Waals surface area contributed by atoms with E-state index < -0.39 is 18.0 Å². The van der Waals surface area contributed by atoms with E-state index in [0.717, 1.165) is 6.54 Å². The number of likely N-dealkylation sites (N-methyl/N-ethyl adjacent to an activating group) is 1. The summed E-state index contributed by atoms with van der Waals surface area (Å²) in [6.45, 7) is 1.51. The zero-order valence-electron chi connectivity index (χ0n) is 7.87. The Morgan fingerprint density at radius 2 is 2.23 bits per heavy atom. The lowest BCUT2D eigenvalue weighted by Crippen LogP contribution is -2.37. The van der Waals surface area contributed by atoms with Crippen molar-refractivity contribution >= 4 is 11.9 Å². The molecule has 1 aliphatic rings. The van der Waals surface area contributed by atoms with E-state index in [0.29, 0.717) is 6.54 Å². The fourth-order valence-electron chi connectivity index (χ4n) is 1.09. The molecule has 13 heavy (non-hydrogen) atoms. The van der Waals surface area contributed by atoms with E-state index in [1.807, 2.05) is 19.0 Å². The van der Waals surface area contributed by atoms with Crippen LogP contribution >= 0.6 is 0 Å². The summed E-state index contributed by atoms with van der Waals surface area (Å²) in [6.07, 6.45) is 0.159. The van der Waals surface area contributed by atoms with Crippen LogP contribution in [0.5, 0.6) is 0 Å². The Morgan fingerprint density at radius 1 is 1.54 bits per heavy atom. The van der Waals surface area contributed by atoms with E-state index in [2.05, 4.69) is 10.1 Å². The number of ether oxygens (including phenoxy) is 1. The second-order valence-corrected chi connectivity index (χ2v) is 3.31. The average molecular weight is 186 g/mol. The van der Waals surface area contributed by atoms with Crippen molar-refractivity contribution in [1.29, 1.82) is 0 Å². The van der Waals surface area contributed by atoms with Crippen LogP contribution in [0.25, 0.3) is 0 Å². The van der Waals surface area contributed by atoms with Gasteiger partial charge in [0, 0.05) is 13.1 Å². The molecule has 1 saturated heterocycles. The van der Waals surface area contributed by atoms with Gasteiger partial charge in [0.25, 0.3) is 0 Å². The Morgan fingerprint density at radius 3 is 2.69 bits per heavy atom. The van der Waals surface area contributed by atoms with Crippen molar-refractivity contribution < 1.29 is 14.3 Å². The van der Waals surface area contributed by atoms with Gasteiger partial charge < -0.3 is 15.0 Å². The van der Waals surface area contributed by atoms with Crippen molar-refractivity contribution in [3.63, 3.8) is 0 Å². The number of carbonyl (C=O) groups excluding carboxylic acids is 2. The number of carbonyl (C=O) groups is 2. The molecule has 74 valence electrons. The Hall–Kier alpha value is -0.940. The number of cyclic esters (lactones) is 2.